The average Bonchev–Trinajstić information content (AvgIpc) is 2.44. The van der Waals surface area contributed by atoms with Gasteiger partial charge in [-0.25, -0.2) is 0 Å². The second-order valence-corrected chi connectivity index (χ2v) is 4.89. The summed E-state index contributed by atoms with van der Waals surface area (Å²) in [5, 5.41) is 11.3. The third kappa shape index (κ3) is 7.91. The van der Waals surface area contributed by atoms with E-state index in [4.69, 9.17) is 5.11 Å². The van der Waals surface area contributed by atoms with Crippen LogP contribution in [0, 0.1) is 0 Å². The first kappa shape index (κ1) is 16.9. The van der Waals surface area contributed by atoms with Crippen LogP contribution in [0.1, 0.15) is 38.5 Å². The molecule has 1 heterocycles. The Morgan fingerprint density at radius 3 is 2.62 bits per heavy atom. The first-order chi connectivity index (χ1) is 10.1. The molecule has 0 saturated carbocycles. The number of aryl methyl sites for hydroxylation is 1. The summed E-state index contributed by atoms with van der Waals surface area (Å²) >= 11 is 0. The summed E-state index contributed by atoms with van der Waals surface area (Å²) in [4.78, 5) is 33.3. The molecule has 6 nitrogen and oxygen atoms in total. The summed E-state index contributed by atoms with van der Waals surface area (Å²) in [6.07, 6.45) is 5.12. The van der Waals surface area contributed by atoms with Crippen molar-refractivity contribution in [2.24, 2.45) is 0 Å². The molecule has 0 atom stereocenters. The fourth-order valence-corrected chi connectivity index (χ4v) is 1.95. The van der Waals surface area contributed by atoms with Gasteiger partial charge in [-0.15, -0.1) is 0 Å². The molecule has 6 heteroatoms. The molecule has 1 aromatic heterocycles. The number of carbonyl (C=O) groups excluding carboxylic acids is 1. The van der Waals surface area contributed by atoms with Gasteiger partial charge < -0.3 is 15.0 Å². The zero-order valence-corrected chi connectivity index (χ0v) is 12.1. The fourth-order valence-electron chi connectivity index (χ4n) is 1.95. The molecule has 0 aliphatic heterocycles. The van der Waals surface area contributed by atoms with Crippen LogP contribution in [-0.4, -0.2) is 28.1 Å². The Morgan fingerprint density at radius 1 is 1.10 bits per heavy atom. The molecular formula is C15H22N2O4. The van der Waals surface area contributed by atoms with Crippen LogP contribution in [0.15, 0.2) is 29.2 Å². The Bertz CT molecular complexity index is 510. The van der Waals surface area contributed by atoms with E-state index < -0.39 is 5.97 Å². The van der Waals surface area contributed by atoms with Gasteiger partial charge in [-0.2, -0.15) is 0 Å². The van der Waals surface area contributed by atoms with Gasteiger partial charge in [0.05, 0.1) is 0 Å². The topological polar surface area (TPSA) is 88.4 Å². The van der Waals surface area contributed by atoms with Gasteiger partial charge in [0.2, 0.25) is 11.5 Å². The van der Waals surface area contributed by atoms with Gasteiger partial charge in [0, 0.05) is 38.2 Å². The van der Waals surface area contributed by atoms with Crippen molar-refractivity contribution in [1.29, 1.82) is 0 Å². The standard InChI is InChI=1S/C15H22N2O4/c18-13(16-10-4-1-2-9-15(20)21)7-6-12-17-11-5-3-8-14(17)19/h3,5,8,11H,1-2,4,6-7,9-10,12H2,(H,16,18)(H,20,21). The van der Waals surface area contributed by atoms with Crippen molar-refractivity contribution in [2.45, 2.75) is 45.1 Å². The molecule has 2 N–H and O–H groups in total. The molecule has 0 bridgehead atoms. The number of nitrogens with one attached hydrogen (secondary N) is 1. The summed E-state index contributed by atoms with van der Waals surface area (Å²) in [5.74, 6) is -0.813. The van der Waals surface area contributed by atoms with Crippen molar-refractivity contribution in [3.8, 4) is 0 Å². The molecule has 0 unspecified atom stereocenters. The average molecular weight is 294 g/mol. The number of carbonyl (C=O) groups is 2. The predicted molar refractivity (Wildman–Crippen MR) is 79.0 cm³/mol. The first-order valence-corrected chi connectivity index (χ1v) is 7.23. The predicted octanol–water partition coefficient (Wildman–Crippen LogP) is 1.39. The van der Waals surface area contributed by atoms with E-state index in [1.807, 2.05) is 0 Å². The molecule has 1 rings (SSSR count). The normalized spacial score (nSPS) is 10.3. The summed E-state index contributed by atoms with van der Waals surface area (Å²) < 4.78 is 1.58. The molecule has 0 saturated heterocycles. The number of hydrogen-bond acceptors (Lipinski definition) is 3. The van der Waals surface area contributed by atoms with Crippen LogP contribution in [0.5, 0.6) is 0 Å². The van der Waals surface area contributed by atoms with Gasteiger partial charge in [0.1, 0.15) is 0 Å². The number of unbranched alkanes of at least 4 members (excludes halogenated alkanes) is 2. The first-order valence-electron chi connectivity index (χ1n) is 7.23. The third-order valence-corrected chi connectivity index (χ3v) is 3.09. The van der Waals surface area contributed by atoms with Crippen LogP contribution in [0.4, 0.5) is 0 Å². The number of nitrogens with zero attached hydrogens (tertiary/aromatic N) is 1. The highest BCUT2D eigenvalue weighted by molar-refractivity contribution is 5.75. The summed E-state index contributed by atoms with van der Waals surface area (Å²) in [5.41, 5.74) is -0.0589. The zero-order valence-electron chi connectivity index (χ0n) is 12.1. The highest BCUT2D eigenvalue weighted by Crippen LogP contribution is 1.99. The van der Waals surface area contributed by atoms with Gasteiger partial charge in [0.25, 0.3) is 0 Å². The lowest BCUT2D eigenvalue weighted by atomic mass is 10.2. The van der Waals surface area contributed by atoms with Crippen molar-refractivity contribution in [2.75, 3.05) is 6.54 Å². The maximum Gasteiger partial charge on any atom is 0.303 e. The van der Waals surface area contributed by atoms with Gasteiger partial charge in [-0.3, -0.25) is 14.4 Å². The molecule has 0 aliphatic rings. The summed E-state index contributed by atoms with van der Waals surface area (Å²) in [6, 6.07) is 4.98. The van der Waals surface area contributed by atoms with Crippen LogP contribution < -0.4 is 10.9 Å². The van der Waals surface area contributed by atoms with Gasteiger partial charge in [-0.05, 0) is 25.3 Å². The minimum Gasteiger partial charge on any atom is -0.481 e. The monoisotopic (exact) mass is 294 g/mol. The maximum atomic E-state index is 11.6. The van der Waals surface area contributed by atoms with E-state index in [9.17, 15) is 14.4 Å². The Balaban J connectivity index is 2.05. The lowest BCUT2D eigenvalue weighted by Gasteiger charge is -2.06. The maximum absolute atomic E-state index is 11.6. The Labute approximate surface area is 123 Å². The molecule has 21 heavy (non-hydrogen) atoms. The molecule has 0 fully saturated rings. The van der Waals surface area contributed by atoms with Crippen molar-refractivity contribution < 1.29 is 14.7 Å². The van der Waals surface area contributed by atoms with Crippen LogP contribution in [0.2, 0.25) is 0 Å². The van der Waals surface area contributed by atoms with E-state index in [1.54, 1.807) is 22.9 Å². The van der Waals surface area contributed by atoms with E-state index in [0.29, 0.717) is 32.4 Å². The SMILES string of the molecule is O=C(O)CCCCCNC(=O)CCCn1ccccc1=O. The number of aromatic nitrogens is 1. The quantitative estimate of drug-likeness (QED) is 0.638. The van der Waals surface area contributed by atoms with Crippen molar-refractivity contribution in [1.82, 2.24) is 9.88 Å². The number of carboxylic acids is 1. The van der Waals surface area contributed by atoms with E-state index in [0.717, 1.165) is 12.8 Å². The van der Waals surface area contributed by atoms with Crippen molar-refractivity contribution in [3.05, 3.63) is 34.7 Å². The van der Waals surface area contributed by atoms with Gasteiger partial charge in [0.15, 0.2) is 0 Å². The number of rotatable bonds is 10. The minimum absolute atomic E-state index is 0.0304. The number of carboxylic acid groups (broad SMARTS) is 1. The van der Waals surface area contributed by atoms with Gasteiger partial charge >= 0.3 is 5.97 Å². The van der Waals surface area contributed by atoms with Crippen LogP contribution in [0.25, 0.3) is 0 Å². The highest BCUT2D eigenvalue weighted by atomic mass is 16.4. The van der Waals surface area contributed by atoms with Crippen molar-refractivity contribution >= 4 is 11.9 Å². The second kappa shape index (κ2) is 9.74. The lowest BCUT2D eigenvalue weighted by molar-refractivity contribution is -0.137. The molecule has 0 radical (unpaired) electrons. The smallest absolute Gasteiger partial charge is 0.303 e. The number of pyridine rings is 1. The molecule has 0 aromatic carbocycles. The fraction of sp³-hybridized carbons (Fsp3) is 0.533. The highest BCUT2D eigenvalue weighted by Gasteiger charge is 2.02. The van der Waals surface area contributed by atoms with Crippen molar-refractivity contribution in [3.63, 3.8) is 0 Å². The summed E-state index contributed by atoms with van der Waals surface area (Å²) in [7, 11) is 0. The number of amides is 1. The largest absolute Gasteiger partial charge is 0.481 e. The third-order valence-electron chi connectivity index (χ3n) is 3.09. The molecule has 0 aliphatic carbocycles. The molecular weight excluding hydrogens is 272 g/mol. The van der Waals surface area contributed by atoms with E-state index >= 15 is 0 Å². The molecule has 0 spiro atoms. The van der Waals surface area contributed by atoms with E-state index in [2.05, 4.69) is 5.32 Å². The van der Waals surface area contributed by atoms with Crippen LogP contribution >= 0.6 is 0 Å². The lowest BCUT2D eigenvalue weighted by Crippen LogP contribution is -2.25. The Hall–Kier alpha value is -2.11. The van der Waals surface area contributed by atoms with E-state index in [1.165, 1.54) is 6.07 Å². The molecule has 1 aromatic rings. The van der Waals surface area contributed by atoms with E-state index in [-0.39, 0.29) is 17.9 Å². The zero-order chi connectivity index (χ0) is 15.5. The minimum atomic E-state index is -0.782. The van der Waals surface area contributed by atoms with Crippen LogP contribution in [0.3, 0.4) is 0 Å². The number of hydrogen-bond donors (Lipinski definition) is 2. The Morgan fingerprint density at radius 2 is 1.90 bits per heavy atom. The second-order valence-electron chi connectivity index (χ2n) is 4.89. The Kier molecular flexibility index (Phi) is 7.86. The van der Waals surface area contributed by atoms with Gasteiger partial charge in [-0.1, -0.05) is 12.5 Å². The summed E-state index contributed by atoms with van der Waals surface area (Å²) in [6.45, 7) is 1.11. The van der Waals surface area contributed by atoms with Crippen LogP contribution in [-0.2, 0) is 16.1 Å². The molecule has 116 valence electrons. The molecule has 1 amide bonds. The number of aliphatic carboxylic acids is 1.